The van der Waals surface area contributed by atoms with Crippen molar-refractivity contribution in [2.24, 2.45) is 0 Å². The summed E-state index contributed by atoms with van der Waals surface area (Å²) in [5.41, 5.74) is 1.24. The SMILES string of the molecule is C[C@@H](OC(=O)c1ccc(N2C(=O)CCC2=O)cc1)C(=O)Nc1ccccc1. The molecule has 3 amide bonds. The number of hydrogen-bond donors (Lipinski definition) is 1. The molecule has 3 rings (SSSR count). The Morgan fingerprint density at radius 3 is 2.15 bits per heavy atom. The van der Waals surface area contributed by atoms with Crippen molar-refractivity contribution in [2.45, 2.75) is 25.9 Å². The Morgan fingerprint density at radius 2 is 1.56 bits per heavy atom. The van der Waals surface area contributed by atoms with E-state index < -0.39 is 18.0 Å². The maximum absolute atomic E-state index is 12.2. The molecule has 1 N–H and O–H groups in total. The highest BCUT2D eigenvalue weighted by molar-refractivity contribution is 6.19. The van der Waals surface area contributed by atoms with Crippen LogP contribution in [0.1, 0.15) is 30.1 Å². The molecule has 2 aromatic rings. The first-order chi connectivity index (χ1) is 13.0. The molecular formula is C20H18N2O5. The van der Waals surface area contributed by atoms with Crippen LogP contribution in [0.5, 0.6) is 0 Å². The largest absolute Gasteiger partial charge is 0.449 e. The first-order valence-electron chi connectivity index (χ1n) is 8.48. The summed E-state index contributed by atoms with van der Waals surface area (Å²) in [6.45, 7) is 1.48. The van der Waals surface area contributed by atoms with Crippen molar-refractivity contribution in [2.75, 3.05) is 10.2 Å². The molecular weight excluding hydrogens is 348 g/mol. The Kier molecular flexibility index (Phi) is 5.30. The standard InChI is InChI=1S/C20H18N2O5/c1-13(19(25)21-15-5-3-2-4-6-15)27-20(26)14-7-9-16(10-8-14)22-17(23)11-12-18(22)24/h2-10,13H,11-12H2,1H3,(H,21,25)/t13-/m1/s1. The molecule has 0 aromatic heterocycles. The van der Waals surface area contributed by atoms with E-state index in [4.69, 9.17) is 4.74 Å². The lowest BCUT2D eigenvalue weighted by Crippen LogP contribution is -2.30. The van der Waals surface area contributed by atoms with Gasteiger partial charge in [-0.2, -0.15) is 0 Å². The first kappa shape index (κ1) is 18.3. The van der Waals surface area contributed by atoms with Crippen LogP contribution in [-0.4, -0.2) is 29.8 Å². The second kappa shape index (κ2) is 7.82. The van der Waals surface area contributed by atoms with E-state index in [1.165, 1.54) is 31.2 Å². The first-order valence-corrected chi connectivity index (χ1v) is 8.48. The van der Waals surface area contributed by atoms with Crippen molar-refractivity contribution < 1.29 is 23.9 Å². The number of hydrogen-bond acceptors (Lipinski definition) is 5. The number of nitrogens with one attached hydrogen (secondary N) is 1. The van der Waals surface area contributed by atoms with E-state index in [0.717, 1.165) is 4.90 Å². The van der Waals surface area contributed by atoms with Gasteiger partial charge in [0.1, 0.15) is 0 Å². The van der Waals surface area contributed by atoms with Crippen molar-refractivity contribution in [1.82, 2.24) is 0 Å². The number of anilines is 2. The fraction of sp³-hybridized carbons (Fsp3) is 0.200. The van der Waals surface area contributed by atoms with Gasteiger partial charge in [-0.05, 0) is 43.3 Å². The number of rotatable bonds is 5. The average Bonchev–Trinajstić information content (AvgIpc) is 3.01. The predicted octanol–water partition coefficient (Wildman–Crippen LogP) is 2.52. The van der Waals surface area contributed by atoms with E-state index in [1.807, 2.05) is 6.07 Å². The van der Waals surface area contributed by atoms with Crippen molar-refractivity contribution in [1.29, 1.82) is 0 Å². The number of amides is 3. The number of nitrogens with zero attached hydrogens (tertiary/aromatic N) is 1. The highest BCUT2D eigenvalue weighted by Gasteiger charge is 2.30. The molecule has 2 aromatic carbocycles. The second-order valence-corrected chi connectivity index (χ2v) is 6.07. The van der Waals surface area contributed by atoms with Gasteiger partial charge in [-0.25, -0.2) is 4.79 Å². The molecule has 1 saturated heterocycles. The van der Waals surface area contributed by atoms with Gasteiger partial charge in [0.25, 0.3) is 5.91 Å². The maximum Gasteiger partial charge on any atom is 0.338 e. The summed E-state index contributed by atoms with van der Waals surface area (Å²) in [5.74, 6) is -1.64. The summed E-state index contributed by atoms with van der Waals surface area (Å²) in [5, 5.41) is 2.66. The van der Waals surface area contributed by atoms with E-state index in [0.29, 0.717) is 11.4 Å². The minimum absolute atomic E-state index is 0.191. The summed E-state index contributed by atoms with van der Waals surface area (Å²) in [6.07, 6.45) is -0.605. The lowest BCUT2D eigenvalue weighted by Gasteiger charge is -2.15. The molecule has 1 aliphatic rings. The van der Waals surface area contributed by atoms with Crippen LogP contribution in [0.25, 0.3) is 0 Å². The van der Waals surface area contributed by atoms with Crippen molar-refractivity contribution in [3.05, 3.63) is 60.2 Å². The molecule has 7 heteroatoms. The molecule has 1 fully saturated rings. The number of ether oxygens (including phenoxy) is 1. The van der Waals surface area contributed by atoms with E-state index in [-0.39, 0.29) is 30.2 Å². The van der Waals surface area contributed by atoms with Gasteiger partial charge in [0.05, 0.1) is 11.3 Å². The molecule has 1 heterocycles. The summed E-state index contributed by atoms with van der Waals surface area (Å²) >= 11 is 0. The van der Waals surface area contributed by atoms with Crippen LogP contribution >= 0.6 is 0 Å². The minimum atomic E-state index is -0.987. The van der Waals surface area contributed by atoms with Crippen molar-refractivity contribution in [3.63, 3.8) is 0 Å². The highest BCUT2D eigenvalue weighted by atomic mass is 16.5. The Hall–Kier alpha value is -3.48. The third-order valence-electron chi connectivity index (χ3n) is 4.11. The number of esters is 1. The normalized spacial score (nSPS) is 14.8. The van der Waals surface area contributed by atoms with Crippen LogP contribution < -0.4 is 10.2 Å². The monoisotopic (exact) mass is 366 g/mol. The van der Waals surface area contributed by atoms with Gasteiger partial charge in [0.15, 0.2) is 6.10 Å². The number of carbonyl (C=O) groups is 4. The van der Waals surface area contributed by atoms with E-state index in [2.05, 4.69) is 5.32 Å². The van der Waals surface area contributed by atoms with Gasteiger partial charge in [0, 0.05) is 18.5 Å². The van der Waals surface area contributed by atoms with Crippen LogP contribution in [0.4, 0.5) is 11.4 Å². The zero-order chi connectivity index (χ0) is 19.4. The van der Waals surface area contributed by atoms with Gasteiger partial charge in [-0.1, -0.05) is 18.2 Å². The van der Waals surface area contributed by atoms with Gasteiger partial charge in [-0.3, -0.25) is 19.3 Å². The molecule has 1 aliphatic heterocycles. The molecule has 0 bridgehead atoms. The highest BCUT2D eigenvalue weighted by Crippen LogP contribution is 2.23. The summed E-state index contributed by atoms with van der Waals surface area (Å²) in [4.78, 5) is 48.9. The fourth-order valence-electron chi connectivity index (χ4n) is 2.66. The Labute approximate surface area is 155 Å². The summed E-state index contributed by atoms with van der Waals surface area (Å²) in [7, 11) is 0. The van der Waals surface area contributed by atoms with Crippen LogP contribution in [0.2, 0.25) is 0 Å². The van der Waals surface area contributed by atoms with Gasteiger partial charge in [-0.15, -0.1) is 0 Å². The molecule has 0 unspecified atom stereocenters. The Morgan fingerprint density at radius 1 is 0.963 bits per heavy atom. The minimum Gasteiger partial charge on any atom is -0.449 e. The zero-order valence-electron chi connectivity index (χ0n) is 14.7. The summed E-state index contributed by atoms with van der Waals surface area (Å²) < 4.78 is 5.18. The van der Waals surface area contributed by atoms with Crippen LogP contribution in [-0.2, 0) is 19.1 Å². The van der Waals surface area contributed by atoms with Gasteiger partial charge >= 0.3 is 5.97 Å². The molecule has 7 nitrogen and oxygen atoms in total. The van der Waals surface area contributed by atoms with Crippen molar-refractivity contribution in [3.8, 4) is 0 Å². The average molecular weight is 366 g/mol. The predicted molar refractivity (Wildman–Crippen MR) is 98.1 cm³/mol. The van der Waals surface area contributed by atoms with Crippen LogP contribution in [0, 0.1) is 0 Å². The van der Waals surface area contributed by atoms with Crippen molar-refractivity contribution >= 4 is 35.1 Å². The van der Waals surface area contributed by atoms with E-state index in [9.17, 15) is 19.2 Å². The second-order valence-electron chi connectivity index (χ2n) is 6.07. The molecule has 0 spiro atoms. The van der Waals surface area contributed by atoms with Crippen LogP contribution in [0.3, 0.4) is 0 Å². The molecule has 1 atom stereocenters. The molecule has 0 saturated carbocycles. The fourth-order valence-corrected chi connectivity index (χ4v) is 2.66. The smallest absolute Gasteiger partial charge is 0.338 e. The molecule has 0 radical (unpaired) electrons. The summed E-state index contributed by atoms with van der Waals surface area (Å²) in [6, 6.07) is 14.8. The van der Waals surface area contributed by atoms with Gasteiger partial charge in [0.2, 0.25) is 11.8 Å². The molecule has 0 aliphatic carbocycles. The van der Waals surface area contributed by atoms with E-state index in [1.54, 1.807) is 24.3 Å². The zero-order valence-corrected chi connectivity index (χ0v) is 14.7. The Balaban J connectivity index is 1.61. The topological polar surface area (TPSA) is 92.8 Å². The maximum atomic E-state index is 12.2. The third kappa shape index (κ3) is 4.20. The molecule has 138 valence electrons. The Bertz CT molecular complexity index is 861. The number of para-hydroxylation sites is 1. The van der Waals surface area contributed by atoms with Gasteiger partial charge < -0.3 is 10.1 Å². The molecule has 27 heavy (non-hydrogen) atoms. The van der Waals surface area contributed by atoms with Crippen LogP contribution in [0.15, 0.2) is 54.6 Å². The lowest BCUT2D eigenvalue weighted by atomic mass is 10.2. The third-order valence-corrected chi connectivity index (χ3v) is 4.11. The quantitative estimate of drug-likeness (QED) is 0.648. The number of imide groups is 1. The number of carbonyl (C=O) groups excluding carboxylic acids is 4. The lowest BCUT2D eigenvalue weighted by molar-refractivity contribution is -0.124. The number of benzene rings is 2. The van der Waals surface area contributed by atoms with E-state index >= 15 is 0 Å².